The Balaban J connectivity index is 1.89. The summed E-state index contributed by atoms with van der Waals surface area (Å²) in [5.41, 5.74) is 3.05. The molecule has 1 saturated heterocycles. The lowest BCUT2D eigenvalue weighted by molar-refractivity contribution is 0.267. The molecule has 1 N–H and O–H groups in total. The largest absolute Gasteiger partial charge is 0.364 e. The first-order valence-corrected chi connectivity index (χ1v) is 7.66. The lowest BCUT2D eigenvalue weighted by Crippen LogP contribution is -2.63. The lowest BCUT2D eigenvalue weighted by atomic mass is 9.91. The Hall–Kier alpha value is -1.09. The van der Waals surface area contributed by atoms with Gasteiger partial charge in [-0.25, -0.2) is 0 Å². The standard InChI is InChI=1S/C16H25N3/c1-3-14-10-18-16(7-4-5-8-16)12-19(14)15-11-17-9-6-13(15)2/h6,9,11,14,18H,3-5,7-8,10,12H2,1-2H3. The highest BCUT2D eigenvalue weighted by molar-refractivity contribution is 5.53. The van der Waals surface area contributed by atoms with Gasteiger partial charge in [0.1, 0.15) is 0 Å². The van der Waals surface area contributed by atoms with E-state index in [0.717, 1.165) is 13.1 Å². The zero-order chi connectivity index (χ0) is 13.3. The second-order valence-electron chi connectivity index (χ2n) is 6.22. The Morgan fingerprint density at radius 2 is 2.21 bits per heavy atom. The average Bonchev–Trinajstić information content (AvgIpc) is 2.88. The van der Waals surface area contributed by atoms with Crippen molar-refractivity contribution in [2.45, 2.75) is 57.5 Å². The minimum atomic E-state index is 0.369. The first-order chi connectivity index (χ1) is 9.24. The summed E-state index contributed by atoms with van der Waals surface area (Å²) in [7, 11) is 0. The van der Waals surface area contributed by atoms with E-state index in [1.165, 1.54) is 43.4 Å². The zero-order valence-electron chi connectivity index (χ0n) is 12.2. The normalized spacial score (nSPS) is 26.0. The Morgan fingerprint density at radius 3 is 2.89 bits per heavy atom. The molecule has 1 aliphatic carbocycles. The number of hydrogen-bond acceptors (Lipinski definition) is 3. The summed E-state index contributed by atoms with van der Waals surface area (Å²) >= 11 is 0. The molecule has 0 radical (unpaired) electrons. The second kappa shape index (κ2) is 5.12. The summed E-state index contributed by atoms with van der Waals surface area (Å²) in [5, 5.41) is 3.85. The summed E-state index contributed by atoms with van der Waals surface area (Å²) in [6.45, 7) is 6.76. The number of hydrogen-bond donors (Lipinski definition) is 1. The molecule has 1 aliphatic heterocycles. The molecule has 1 unspecified atom stereocenters. The van der Waals surface area contributed by atoms with Gasteiger partial charge in [-0.3, -0.25) is 4.98 Å². The summed E-state index contributed by atoms with van der Waals surface area (Å²) in [6.07, 6.45) is 10.6. The van der Waals surface area contributed by atoms with Crippen molar-refractivity contribution in [3.8, 4) is 0 Å². The fraction of sp³-hybridized carbons (Fsp3) is 0.688. The Kier molecular flexibility index (Phi) is 3.48. The van der Waals surface area contributed by atoms with Gasteiger partial charge in [-0.05, 0) is 37.8 Å². The van der Waals surface area contributed by atoms with Crippen LogP contribution in [0, 0.1) is 6.92 Å². The molecule has 1 aromatic heterocycles. The van der Waals surface area contributed by atoms with Crippen LogP contribution in [-0.4, -0.2) is 29.7 Å². The van der Waals surface area contributed by atoms with Crippen molar-refractivity contribution in [1.82, 2.24) is 10.3 Å². The molecular weight excluding hydrogens is 234 g/mol. The molecule has 104 valence electrons. The predicted molar refractivity (Wildman–Crippen MR) is 79.6 cm³/mol. The van der Waals surface area contributed by atoms with Crippen molar-refractivity contribution in [3.63, 3.8) is 0 Å². The predicted octanol–water partition coefficient (Wildman–Crippen LogP) is 2.89. The molecule has 19 heavy (non-hydrogen) atoms. The SMILES string of the molecule is CCC1CNC2(CCCC2)CN1c1cnccc1C. The summed E-state index contributed by atoms with van der Waals surface area (Å²) < 4.78 is 0. The van der Waals surface area contributed by atoms with Gasteiger partial charge >= 0.3 is 0 Å². The molecule has 2 heterocycles. The van der Waals surface area contributed by atoms with Crippen LogP contribution in [0.4, 0.5) is 5.69 Å². The van der Waals surface area contributed by atoms with Crippen molar-refractivity contribution in [3.05, 3.63) is 24.0 Å². The van der Waals surface area contributed by atoms with E-state index < -0.39 is 0 Å². The molecular formula is C16H25N3. The van der Waals surface area contributed by atoms with Crippen molar-refractivity contribution < 1.29 is 0 Å². The maximum atomic E-state index is 4.34. The third kappa shape index (κ3) is 2.36. The van der Waals surface area contributed by atoms with Crippen LogP contribution in [0.1, 0.15) is 44.6 Å². The van der Waals surface area contributed by atoms with Crippen molar-refractivity contribution in [2.75, 3.05) is 18.0 Å². The van der Waals surface area contributed by atoms with Crippen molar-refractivity contribution >= 4 is 5.69 Å². The number of piperazine rings is 1. The van der Waals surface area contributed by atoms with Crippen molar-refractivity contribution in [2.24, 2.45) is 0 Å². The Labute approximate surface area is 116 Å². The van der Waals surface area contributed by atoms with Gasteiger partial charge < -0.3 is 10.2 Å². The van der Waals surface area contributed by atoms with Gasteiger partial charge in [-0.1, -0.05) is 19.8 Å². The molecule has 1 saturated carbocycles. The van der Waals surface area contributed by atoms with Crippen LogP contribution in [0.25, 0.3) is 0 Å². The van der Waals surface area contributed by atoms with Gasteiger partial charge in [0.2, 0.25) is 0 Å². The molecule has 3 nitrogen and oxygen atoms in total. The highest BCUT2D eigenvalue weighted by Gasteiger charge is 2.40. The van der Waals surface area contributed by atoms with E-state index in [1.807, 2.05) is 12.4 Å². The number of anilines is 1. The van der Waals surface area contributed by atoms with Gasteiger partial charge in [0.25, 0.3) is 0 Å². The van der Waals surface area contributed by atoms with Gasteiger partial charge in [0.05, 0.1) is 11.9 Å². The van der Waals surface area contributed by atoms with Crippen LogP contribution < -0.4 is 10.2 Å². The maximum absolute atomic E-state index is 4.34. The van der Waals surface area contributed by atoms with Crippen LogP contribution >= 0.6 is 0 Å². The highest BCUT2D eigenvalue weighted by atomic mass is 15.3. The summed E-state index contributed by atoms with van der Waals surface area (Å²) in [4.78, 5) is 6.96. The monoisotopic (exact) mass is 259 g/mol. The molecule has 1 atom stereocenters. The minimum absolute atomic E-state index is 0.369. The van der Waals surface area contributed by atoms with Crippen LogP contribution in [0.5, 0.6) is 0 Å². The van der Waals surface area contributed by atoms with Gasteiger partial charge in [0.15, 0.2) is 0 Å². The number of aromatic nitrogens is 1. The minimum Gasteiger partial charge on any atom is -0.364 e. The molecule has 1 aromatic rings. The molecule has 0 amide bonds. The van der Waals surface area contributed by atoms with Crippen molar-refractivity contribution in [1.29, 1.82) is 0 Å². The fourth-order valence-corrected chi connectivity index (χ4v) is 3.75. The Morgan fingerprint density at radius 1 is 1.42 bits per heavy atom. The fourth-order valence-electron chi connectivity index (χ4n) is 3.75. The number of nitrogens with zero attached hydrogens (tertiary/aromatic N) is 2. The number of nitrogens with one attached hydrogen (secondary N) is 1. The van der Waals surface area contributed by atoms with E-state index in [0.29, 0.717) is 11.6 Å². The highest BCUT2D eigenvalue weighted by Crippen LogP contribution is 2.36. The summed E-state index contributed by atoms with van der Waals surface area (Å²) in [6, 6.07) is 2.74. The topological polar surface area (TPSA) is 28.2 Å². The third-order valence-corrected chi connectivity index (χ3v) is 4.98. The van der Waals surface area contributed by atoms with E-state index in [2.05, 4.69) is 35.1 Å². The zero-order valence-corrected chi connectivity index (χ0v) is 12.2. The van der Waals surface area contributed by atoms with E-state index in [1.54, 1.807) is 0 Å². The van der Waals surface area contributed by atoms with E-state index in [-0.39, 0.29) is 0 Å². The third-order valence-electron chi connectivity index (χ3n) is 4.98. The average molecular weight is 259 g/mol. The molecule has 0 aromatic carbocycles. The second-order valence-corrected chi connectivity index (χ2v) is 6.22. The lowest BCUT2D eigenvalue weighted by Gasteiger charge is -2.47. The van der Waals surface area contributed by atoms with Crippen LogP contribution in [0.3, 0.4) is 0 Å². The smallest absolute Gasteiger partial charge is 0.0586 e. The number of pyridine rings is 1. The molecule has 2 aliphatic rings. The molecule has 0 bridgehead atoms. The number of rotatable bonds is 2. The van der Waals surface area contributed by atoms with Gasteiger partial charge in [-0.2, -0.15) is 0 Å². The van der Waals surface area contributed by atoms with Crippen LogP contribution in [0.2, 0.25) is 0 Å². The first-order valence-electron chi connectivity index (χ1n) is 7.66. The van der Waals surface area contributed by atoms with Gasteiger partial charge in [0, 0.05) is 30.9 Å². The summed E-state index contributed by atoms with van der Waals surface area (Å²) in [5.74, 6) is 0. The Bertz CT molecular complexity index is 437. The van der Waals surface area contributed by atoms with Crippen LogP contribution in [-0.2, 0) is 0 Å². The van der Waals surface area contributed by atoms with E-state index >= 15 is 0 Å². The van der Waals surface area contributed by atoms with E-state index in [4.69, 9.17) is 0 Å². The number of aryl methyl sites for hydroxylation is 1. The van der Waals surface area contributed by atoms with Crippen LogP contribution in [0.15, 0.2) is 18.5 Å². The molecule has 3 heteroatoms. The molecule has 2 fully saturated rings. The molecule has 3 rings (SSSR count). The van der Waals surface area contributed by atoms with Gasteiger partial charge in [-0.15, -0.1) is 0 Å². The molecule has 1 spiro atoms. The van der Waals surface area contributed by atoms with E-state index in [9.17, 15) is 0 Å². The maximum Gasteiger partial charge on any atom is 0.0586 e. The quantitative estimate of drug-likeness (QED) is 0.885. The first kappa shape index (κ1) is 12.9.